The molecule has 0 N–H and O–H groups in total. The minimum atomic E-state index is -3.71. The topological polar surface area (TPSA) is 74.3 Å². The maximum atomic E-state index is 13.0. The van der Waals surface area contributed by atoms with Gasteiger partial charge in [0.2, 0.25) is 10.9 Å². The molecular formula is C18H18N2O3S. The number of hydrogen-bond acceptors (Lipinski definition) is 4. The molecule has 1 saturated heterocycles. The van der Waals surface area contributed by atoms with Crippen molar-refractivity contribution in [1.82, 2.24) is 4.31 Å². The Kier molecular flexibility index (Phi) is 3.70. The second-order valence-electron chi connectivity index (χ2n) is 6.48. The Morgan fingerprint density at radius 3 is 2.62 bits per heavy atom. The van der Waals surface area contributed by atoms with E-state index >= 15 is 0 Å². The van der Waals surface area contributed by atoms with Crippen molar-refractivity contribution in [3.05, 3.63) is 53.8 Å². The highest BCUT2D eigenvalue weighted by Gasteiger charge is 2.50. The van der Waals surface area contributed by atoms with Crippen molar-refractivity contribution in [3.63, 3.8) is 0 Å². The Hall–Kier alpha value is -2.10. The molecule has 5 nitrogen and oxygen atoms in total. The van der Waals surface area contributed by atoms with Crippen LogP contribution in [-0.2, 0) is 10.0 Å². The predicted octanol–water partition coefficient (Wildman–Crippen LogP) is 3.11. The Balaban J connectivity index is 1.70. The fourth-order valence-corrected chi connectivity index (χ4v) is 5.87. The Morgan fingerprint density at radius 1 is 1.12 bits per heavy atom. The number of nitrogens with zero attached hydrogens (tertiary/aromatic N) is 2. The molecule has 2 heterocycles. The molecule has 1 saturated carbocycles. The van der Waals surface area contributed by atoms with Gasteiger partial charge in [0.15, 0.2) is 0 Å². The lowest BCUT2D eigenvalue weighted by Gasteiger charge is -2.21. The first kappa shape index (κ1) is 15.4. The summed E-state index contributed by atoms with van der Waals surface area (Å²) in [4.78, 5) is 0. The summed E-state index contributed by atoms with van der Waals surface area (Å²) in [7, 11) is -3.71. The van der Waals surface area contributed by atoms with E-state index in [0.717, 1.165) is 19.3 Å². The molecule has 24 heavy (non-hydrogen) atoms. The summed E-state index contributed by atoms with van der Waals surface area (Å²) in [5.41, 5.74) is 1.20. The van der Waals surface area contributed by atoms with Crippen LogP contribution in [0.2, 0.25) is 0 Å². The molecule has 2 aliphatic rings. The van der Waals surface area contributed by atoms with E-state index in [9.17, 15) is 8.42 Å². The van der Waals surface area contributed by atoms with E-state index in [0.29, 0.717) is 12.5 Å². The van der Waals surface area contributed by atoms with E-state index in [1.807, 2.05) is 24.3 Å². The van der Waals surface area contributed by atoms with Crippen molar-refractivity contribution in [1.29, 1.82) is 5.26 Å². The van der Waals surface area contributed by atoms with Gasteiger partial charge in [0.1, 0.15) is 6.07 Å². The molecule has 1 aliphatic heterocycles. The van der Waals surface area contributed by atoms with Crippen LogP contribution in [0.5, 0.6) is 0 Å². The van der Waals surface area contributed by atoms with E-state index in [-0.39, 0.29) is 22.8 Å². The zero-order valence-corrected chi connectivity index (χ0v) is 13.9. The molecular weight excluding hydrogens is 324 g/mol. The second-order valence-corrected chi connectivity index (χ2v) is 8.31. The molecule has 4 rings (SSSR count). The predicted molar refractivity (Wildman–Crippen MR) is 87.6 cm³/mol. The van der Waals surface area contributed by atoms with Crippen molar-refractivity contribution in [2.75, 3.05) is 6.54 Å². The minimum absolute atomic E-state index is 0.0235. The largest absolute Gasteiger partial charge is 0.433 e. The van der Waals surface area contributed by atoms with Gasteiger partial charge in [0, 0.05) is 18.5 Å². The third-order valence-corrected chi connectivity index (χ3v) is 7.04. The van der Waals surface area contributed by atoms with Crippen LogP contribution < -0.4 is 0 Å². The van der Waals surface area contributed by atoms with Crippen molar-refractivity contribution < 1.29 is 12.8 Å². The van der Waals surface area contributed by atoms with E-state index in [2.05, 4.69) is 12.1 Å². The summed E-state index contributed by atoms with van der Waals surface area (Å²) in [6, 6.07) is 14.8. The average Bonchev–Trinajstić information content (AvgIpc) is 3.31. The number of fused-ring (bicyclic) bond motifs is 1. The number of rotatable bonds is 3. The minimum Gasteiger partial charge on any atom is -0.433 e. The first-order valence-corrected chi connectivity index (χ1v) is 9.62. The Morgan fingerprint density at radius 2 is 1.92 bits per heavy atom. The summed E-state index contributed by atoms with van der Waals surface area (Å²) >= 11 is 0. The Labute approximate surface area is 141 Å². The third kappa shape index (κ3) is 2.36. The van der Waals surface area contributed by atoms with Gasteiger partial charge < -0.3 is 4.42 Å². The fraction of sp³-hybridized carbons (Fsp3) is 0.389. The molecule has 0 bridgehead atoms. The third-order valence-electron chi connectivity index (χ3n) is 5.28. The van der Waals surface area contributed by atoms with Crippen LogP contribution in [0, 0.1) is 17.2 Å². The standard InChI is InChI=1S/C18H18N2O3S/c19-11-14-9-10-18(23-14)24(21,22)20-12-16(13-5-2-1-3-6-13)15-7-4-8-17(15)20/h1-3,5-6,9-10,15-17H,4,7-8,12H2. The lowest BCUT2D eigenvalue weighted by molar-refractivity contribution is 0.346. The number of hydrogen-bond donors (Lipinski definition) is 0. The van der Waals surface area contributed by atoms with Gasteiger partial charge in [0.05, 0.1) is 0 Å². The molecule has 3 unspecified atom stereocenters. The second kappa shape index (κ2) is 5.76. The highest BCUT2D eigenvalue weighted by molar-refractivity contribution is 7.89. The molecule has 2 aromatic rings. The van der Waals surface area contributed by atoms with Crippen LogP contribution in [0.25, 0.3) is 0 Å². The number of sulfonamides is 1. The van der Waals surface area contributed by atoms with Crippen LogP contribution >= 0.6 is 0 Å². The summed E-state index contributed by atoms with van der Waals surface area (Å²) in [5, 5.41) is 8.74. The molecule has 3 atom stereocenters. The van der Waals surface area contributed by atoms with Gasteiger partial charge in [-0.25, -0.2) is 8.42 Å². The van der Waals surface area contributed by atoms with E-state index < -0.39 is 10.0 Å². The molecule has 0 radical (unpaired) electrons. The van der Waals surface area contributed by atoms with Gasteiger partial charge in [-0.3, -0.25) is 0 Å². The van der Waals surface area contributed by atoms with Crippen molar-refractivity contribution in [3.8, 4) is 6.07 Å². The summed E-state index contributed by atoms with van der Waals surface area (Å²) < 4.78 is 32.8. The molecule has 0 spiro atoms. The molecule has 124 valence electrons. The van der Waals surface area contributed by atoms with E-state index in [1.165, 1.54) is 17.7 Å². The molecule has 2 fully saturated rings. The first-order valence-electron chi connectivity index (χ1n) is 8.18. The van der Waals surface area contributed by atoms with Crippen LogP contribution in [0.4, 0.5) is 0 Å². The van der Waals surface area contributed by atoms with Gasteiger partial charge in [-0.15, -0.1) is 0 Å². The smallest absolute Gasteiger partial charge is 0.276 e. The molecule has 6 heteroatoms. The SMILES string of the molecule is N#Cc1ccc(S(=O)(=O)N2CC(c3ccccc3)C3CCCC32)o1. The highest BCUT2D eigenvalue weighted by Crippen LogP contribution is 2.48. The van der Waals surface area contributed by atoms with Crippen LogP contribution in [0.1, 0.15) is 36.5 Å². The lowest BCUT2D eigenvalue weighted by atomic mass is 9.87. The van der Waals surface area contributed by atoms with Gasteiger partial charge in [-0.2, -0.15) is 9.57 Å². The first-order chi connectivity index (χ1) is 11.6. The van der Waals surface area contributed by atoms with Crippen molar-refractivity contribution in [2.24, 2.45) is 5.92 Å². The van der Waals surface area contributed by atoms with Gasteiger partial charge >= 0.3 is 0 Å². The van der Waals surface area contributed by atoms with Crippen LogP contribution in [0.3, 0.4) is 0 Å². The maximum absolute atomic E-state index is 13.0. The molecule has 1 aromatic heterocycles. The fourth-order valence-electron chi connectivity index (χ4n) is 4.22. The lowest BCUT2D eigenvalue weighted by Crippen LogP contribution is -2.35. The quantitative estimate of drug-likeness (QED) is 0.859. The van der Waals surface area contributed by atoms with E-state index in [1.54, 1.807) is 4.31 Å². The molecule has 1 aliphatic carbocycles. The van der Waals surface area contributed by atoms with Crippen LogP contribution in [-0.4, -0.2) is 25.3 Å². The number of nitriles is 1. The van der Waals surface area contributed by atoms with Gasteiger partial charge in [-0.1, -0.05) is 36.8 Å². The van der Waals surface area contributed by atoms with Gasteiger partial charge in [-0.05, 0) is 36.5 Å². The number of furan rings is 1. The highest BCUT2D eigenvalue weighted by atomic mass is 32.2. The number of benzene rings is 1. The van der Waals surface area contributed by atoms with Gasteiger partial charge in [0.25, 0.3) is 10.0 Å². The Bertz CT molecular complexity index is 882. The summed E-state index contributed by atoms with van der Waals surface area (Å²) in [6.45, 7) is 0.476. The van der Waals surface area contributed by atoms with Crippen molar-refractivity contribution in [2.45, 2.75) is 36.3 Å². The van der Waals surface area contributed by atoms with Crippen molar-refractivity contribution >= 4 is 10.0 Å². The van der Waals surface area contributed by atoms with E-state index in [4.69, 9.17) is 9.68 Å². The molecule has 0 amide bonds. The normalized spacial score (nSPS) is 27.0. The zero-order chi connectivity index (χ0) is 16.7. The average molecular weight is 342 g/mol. The monoisotopic (exact) mass is 342 g/mol. The summed E-state index contributed by atoms with van der Waals surface area (Å²) in [5.74, 6) is 0.599. The zero-order valence-electron chi connectivity index (χ0n) is 13.1. The maximum Gasteiger partial charge on any atom is 0.276 e. The van der Waals surface area contributed by atoms with Crippen LogP contribution in [0.15, 0.2) is 52.0 Å². The summed E-state index contributed by atoms with van der Waals surface area (Å²) in [6.07, 6.45) is 2.99. The molecule has 1 aromatic carbocycles.